The van der Waals surface area contributed by atoms with E-state index >= 15 is 0 Å². The van der Waals surface area contributed by atoms with Crippen molar-refractivity contribution in [2.24, 2.45) is 5.92 Å². The first-order valence-corrected chi connectivity index (χ1v) is 24.1. The van der Waals surface area contributed by atoms with Gasteiger partial charge < -0.3 is 0 Å². The van der Waals surface area contributed by atoms with Crippen LogP contribution in [0.15, 0.2) is 176 Å². The molecule has 2 heteroatoms. The van der Waals surface area contributed by atoms with E-state index in [4.69, 9.17) is 0 Å². The van der Waals surface area contributed by atoms with Crippen molar-refractivity contribution < 1.29 is 0 Å². The third-order valence-electron chi connectivity index (χ3n) is 13.2. The maximum atomic E-state index is 2.61. The highest BCUT2D eigenvalue weighted by atomic mass is 127. The summed E-state index contributed by atoms with van der Waals surface area (Å²) in [5.74, 6) is 0.559. The standard InChI is InChI=1S/C60H53IS/c1-38-20-9-7-12-23-45(44-24-13-14-25-46(44)55(38)41-34-42(59(2,3)4)37-43(35-41)60(5,6)61)51-30-19-31-52-53-36-40(32-33-54(53)62-58(51)52)57-49-28-17-15-26-47(49)56(39-21-10-8-11-22-39)48-27-16-18-29-50(48)57/h7-21,24-39H,22-23H2,1-6H3/b12-7-,20-9-,45-44+,55-46+. The SMILES string of the molecule is CC1/C=C\C=C/C/C(c2cccc3c2sc2ccc(-c4c5ccccc5c(C5C=CC=CC5)c5ccccc45)cc23)=c2/cccc/c2=C/1c1cc(C(C)(C)C)cc(C(C)(C)I)c1. The predicted molar refractivity (Wildman–Crippen MR) is 280 cm³/mol. The van der Waals surface area contributed by atoms with Crippen LogP contribution in [0.2, 0.25) is 0 Å². The molecule has 0 nitrogen and oxygen atoms in total. The Labute approximate surface area is 384 Å². The Kier molecular flexibility index (Phi) is 10.6. The van der Waals surface area contributed by atoms with Crippen molar-refractivity contribution in [3.05, 3.63) is 214 Å². The molecule has 2 aliphatic rings. The highest BCUT2D eigenvalue weighted by Crippen LogP contribution is 2.46. The van der Waals surface area contributed by atoms with E-state index in [0.29, 0.717) is 5.92 Å². The molecule has 0 saturated carbocycles. The third-order valence-corrected chi connectivity index (χ3v) is 15.0. The van der Waals surface area contributed by atoms with Gasteiger partial charge in [-0.3, -0.25) is 0 Å². The molecule has 0 radical (unpaired) electrons. The van der Waals surface area contributed by atoms with Crippen LogP contribution in [0.5, 0.6) is 0 Å². The molecule has 0 saturated heterocycles. The van der Waals surface area contributed by atoms with Gasteiger partial charge >= 0.3 is 0 Å². The Morgan fingerprint density at radius 2 is 1.21 bits per heavy atom. The van der Waals surface area contributed by atoms with E-state index in [2.05, 4.69) is 240 Å². The largest absolute Gasteiger partial charge is 0.135 e. The van der Waals surface area contributed by atoms with Crippen molar-refractivity contribution in [3.8, 4) is 11.1 Å². The number of allylic oxidation sites excluding steroid dienone is 8. The molecule has 0 aliphatic heterocycles. The van der Waals surface area contributed by atoms with E-state index < -0.39 is 0 Å². The minimum Gasteiger partial charge on any atom is -0.135 e. The molecular weight excluding hydrogens is 880 g/mol. The fourth-order valence-electron chi connectivity index (χ4n) is 10.0. The van der Waals surface area contributed by atoms with Crippen LogP contribution in [0.3, 0.4) is 0 Å². The number of hydrogen-bond donors (Lipinski definition) is 0. The summed E-state index contributed by atoms with van der Waals surface area (Å²) in [7, 11) is 0. The summed E-state index contributed by atoms with van der Waals surface area (Å²) < 4.78 is 2.67. The molecule has 10 rings (SSSR count). The molecule has 62 heavy (non-hydrogen) atoms. The van der Waals surface area contributed by atoms with Gasteiger partial charge in [0.05, 0.1) is 0 Å². The first kappa shape index (κ1) is 40.8. The predicted octanol–water partition coefficient (Wildman–Crippen LogP) is 16.1. The van der Waals surface area contributed by atoms with Crippen LogP contribution >= 0.6 is 33.9 Å². The number of fused-ring (bicyclic) bond motifs is 6. The zero-order chi connectivity index (χ0) is 42.8. The van der Waals surface area contributed by atoms with Gasteiger partial charge in [0.15, 0.2) is 0 Å². The molecular formula is C60H53IS. The Bertz CT molecular complexity index is 3240. The van der Waals surface area contributed by atoms with Crippen molar-refractivity contribution >= 4 is 86.8 Å². The molecule has 1 heterocycles. The number of benzene rings is 7. The third kappa shape index (κ3) is 7.33. The average molecular weight is 933 g/mol. The molecule has 0 amide bonds. The van der Waals surface area contributed by atoms with Crippen LogP contribution in [0.1, 0.15) is 88.1 Å². The zero-order valence-electron chi connectivity index (χ0n) is 36.6. The molecule has 8 aromatic rings. The van der Waals surface area contributed by atoms with Crippen molar-refractivity contribution in [2.75, 3.05) is 0 Å². The summed E-state index contributed by atoms with van der Waals surface area (Å²) in [4.78, 5) is 0. The summed E-state index contributed by atoms with van der Waals surface area (Å²) in [6, 6.07) is 49.0. The van der Waals surface area contributed by atoms with Gasteiger partial charge in [-0.15, -0.1) is 11.3 Å². The van der Waals surface area contributed by atoms with E-state index in [-0.39, 0.29) is 14.8 Å². The summed E-state index contributed by atoms with van der Waals surface area (Å²) in [5, 5.41) is 10.6. The smallest absolute Gasteiger partial charge is 0.0430 e. The maximum Gasteiger partial charge on any atom is 0.0430 e. The van der Waals surface area contributed by atoms with E-state index in [0.717, 1.165) is 12.8 Å². The van der Waals surface area contributed by atoms with Gasteiger partial charge in [-0.2, -0.15) is 0 Å². The molecule has 0 fully saturated rings. The van der Waals surface area contributed by atoms with Crippen molar-refractivity contribution in [2.45, 2.75) is 69.1 Å². The Morgan fingerprint density at radius 3 is 1.90 bits per heavy atom. The lowest BCUT2D eigenvalue weighted by atomic mass is 9.80. The van der Waals surface area contributed by atoms with Gasteiger partial charge in [0.1, 0.15) is 0 Å². The van der Waals surface area contributed by atoms with Gasteiger partial charge in [-0.05, 0) is 126 Å². The summed E-state index contributed by atoms with van der Waals surface area (Å²) in [6.45, 7) is 14.0. The molecule has 0 spiro atoms. The van der Waals surface area contributed by atoms with Gasteiger partial charge in [0.2, 0.25) is 0 Å². The number of hydrogen-bond acceptors (Lipinski definition) is 1. The average Bonchev–Trinajstić information content (AvgIpc) is 3.65. The highest BCUT2D eigenvalue weighted by Gasteiger charge is 2.25. The summed E-state index contributed by atoms with van der Waals surface area (Å²) in [6.07, 6.45) is 20.2. The van der Waals surface area contributed by atoms with Crippen LogP contribution in [-0.2, 0) is 8.84 Å². The van der Waals surface area contributed by atoms with Gasteiger partial charge in [0.25, 0.3) is 0 Å². The molecule has 2 unspecified atom stereocenters. The second kappa shape index (κ2) is 16.1. The summed E-state index contributed by atoms with van der Waals surface area (Å²) >= 11 is 4.55. The fraction of sp³-hybridized carbons (Fsp3) is 0.200. The van der Waals surface area contributed by atoms with Crippen LogP contribution < -0.4 is 10.4 Å². The minimum atomic E-state index is -0.00633. The Morgan fingerprint density at radius 1 is 0.565 bits per heavy atom. The molecule has 7 aromatic carbocycles. The number of halogens is 1. The lowest BCUT2D eigenvalue weighted by Crippen LogP contribution is -2.31. The van der Waals surface area contributed by atoms with Crippen LogP contribution in [0, 0.1) is 5.92 Å². The molecule has 0 N–H and O–H groups in total. The van der Waals surface area contributed by atoms with Crippen LogP contribution in [0.25, 0.3) is 64.0 Å². The number of alkyl halides is 1. The quantitative estimate of drug-likeness (QED) is 0.0916. The van der Waals surface area contributed by atoms with E-state index in [1.807, 2.05) is 11.3 Å². The van der Waals surface area contributed by atoms with Crippen LogP contribution in [-0.4, -0.2) is 0 Å². The topological polar surface area (TPSA) is 0 Å². The van der Waals surface area contributed by atoms with E-state index in [1.54, 1.807) is 0 Å². The van der Waals surface area contributed by atoms with Gasteiger partial charge in [0, 0.05) is 35.4 Å². The lowest BCUT2D eigenvalue weighted by molar-refractivity contribution is 0.588. The van der Waals surface area contributed by atoms with Crippen LogP contribution in [0.4, 0.5) is 0 Å². The van der Waals surface area contributed by atoms with Crippen molar-refractivity contribution in [1.82, 2.24) is 0 Å². The lowest BCUT2D eigenvalue weighted by Gasteiger charge is -2.27. The Balaban J connectivity index is 1.22. The first-order chi connectivity index (χ1) is 30.0. The molecule has 2 atom stereocenters. The molecule has 2 aliphatic carbocycles. The fourth-order valence-corrected chi connectivity index (χ4v) is 11.6. The second-order valence-electron chi connectivity index (χ2n) is 18.8. The van der Waals surface area contributed by atoms with Gasteiger partial charge in [-0.1, -0.05) is 214 Å². The highest BCUT2D eigenvalue weighted by molar-refractivity contribution is 14.1. The Hall–Kier alpha value is -5.29. The van der Waals surface area contributed by atoms with Gasteiger partial charge in [-0.25, -0.2) is 0 Å². The minimum absolute atomic E-state index is 0.00633. The summed E-state index contributed by atoms with van der Waals surface area (Å²) in [5.41, 5.74) is 12.2. The second-order valence-corrected chi connectivity index (χ2v) is 22.5. The van der Waals surface area contributed by atoms with Crippen molar-refractivity contribution in [3.63, 3.8) is 0 Å². The zero-order valence-corrected chi connectivity index (χ0v) is 39.6. The monoisotopic (exact) mass is 932 g/mol. The first-order valence-electron chi connectivity index (χ1n) is 22.2. The molecule has 1 aromatic heterocycles. The molecule has 306 valence electrons. The molecule has 0 bridgehead atoms. The number of rotatable bonds is 5. The van der Waals surface area contributed by atoms with E-state index in [1.165, 1.54) is 102 Å². The number of thiophene rings is 1. The van der Waals surface area contributed by atoms with E-state index in [9.17, 15) is 0 Å². The van der Waals surface area contributed by atoms with Crippen molar-refractivity contribution in [1.29, 1.82) is 0 Å². The maximum absolute atomic E-state index is 2.61. The normalized spacial score (nSPS) is 19.9.